The molecule has 0 aliphatic heterocycles. The number of benzene rings is 1. The van der Waals surface area contributed by atoms with Gasteiger partial charge in [0.2, 0.25) is 0 Å². The van der Waals surface area contributed by atoms with Gasteiger partial charge in [0, 0.05) is 27.8 Å². The summed E-state index contributed by atoms with van der Waals surface area (Å²) in [7, 11) is 0. The van der Waals surface area contributed by atoms with Crippen LogP contribution in [0.15, 0.2) is 34.2 Å². The van der Waals surface area contributed by atoms with E-state index in [2.05, 4.69) is 23.8 Å². The summed E-state index contributed by atoms with van der Waals surface area (Å²) in [6, 6.07) is 5.95. The first-order chi connectivity index (χ1) is 10.4. The summed E-state index contributed by atoms with van der Waals surface area (Å²) in [5, 5.41) is 1.23. The van der Waals surface area contributed by atoms with Gasteiger partial charge in [-0.3, -0.25) is 4.79 Å². The summed E-state index contributed by atoms with van der Waals surface area (Å²) in [5.41, 5.74) is 0.637. The largest absolute Gasteiger partial charge is 0.301 e. The Morgan fingerprint density at radius 2 is 2.14 bits per heavy atom. The van der Waals surface area contributed by atoms with Crippen molar-refractivity contribution < 1.29 is 4.39 Å². The Balaban J connectivity index is 2.41. The molecule has 0 spiro atoms. The topological polar surface area (TPSA) is 45.8 Å². The molecule has 0 aliphatic rings. The van der Waals surface area contributed by atoms with Gasteiger partial charge in [0.15, 0.2) is 5.16 Å². The van der Waals surface area contributed by atoms with E-state index in [0.29, 0.717) is 26.7 Å². The molecule has 0 bridgehead atoms. The molecule has 1 aromatic heterocycles. The lowest BCUT2D eigenvalue weighted by Gasteiger charge is -2.15. The Morgan fingerprint density at radius 1 is 1.41 bits per heavy atom. The zero-order valence-corrected chi connectivity index (χ0v) is 14.3. The molecule has 0 fully saturated rings. The molecule has 1 aromatic carbocycles. The van der Waals surface area contributed by atoms with Crippen LogP contribution in [0, 0.1) is 5.82 Å². The van der Waals surface area contributed by atoms with Crippen molar-refractivity contribution in [1.82, 2.24) is 9.97 Å². The highest BCUT2D eigenvalue weighted by Gasteiger charge is 2.19. The quantitative estimate of drug-likeness (QED) is 0.639. The Labute approximate surface area is 138 Å². The SMILES string of the molecule is CC[C@@H](C)Sc1nc([C@@H](C)c2c(F)cccc2Cl)cc(=O)[nH]1. The number of halogens is 2. The average molecular weight is 341 g/mol. The zero-order chi connectivity index (χ0) is 16.3. The van der Waals surface area contributed by atoms with E-state index in [1.54, 1.807) is 19.1 Å². The molecule has 6 heteroatoms. The Bertz CT molecular complexity index is 699. The van der Waals surface area contributed by atoms with Crippen LogP contribution in [0.3, 0.4) is 0 Å². The van der Waals surface area contributed by atoms with Crippen LogP contribution in [0.5, 0.6) is 0 Å². The van der Waals surface area contributed by atoms with Crippen LogP contribution >= 0.6 is 23.4 Å². The molecule has 0 saturated heterocycles. The monoisotopic (exact) mass is 340 g/mol. The predicted octanol–water partition coefficient (Wildman–Crippen LogP) is 4.60. The molecule has 0 radical (unpaired) electrons. The molecule has 3 nitrogen and oxygen atoms in total. The highest BCUT2D eigenvalue weighted by Crippen LogP contribution is 2.31. The number of nitrogens with zero attached hydrogens (tertiary/aromatic N) is 1. The van der Waals surface area contributed by atoms with Crippen LogP contribution in [0.2, 0.25) is 5.02 Å². The van der Waals surface area contributed by atoms with Gasteiger partial charge in [0.25, 0.3) is 5.56 Å². The highest BCUT2D eigenvalue weighted by atomic mass is 35.5. The number of aromatic amines is 1. The van der Waals surface area contributed by atoms with E-state index in [9.17, 15) is 9.18 Å². The van der Waals surface area contributed by atoms with Gasteiger partial charge in [-0.15, -0.1) is 0 Å². The molecule has 0 saturated carbocycles. The standard InChI is InChI=1S/C16H18ClFN2OS/c1-4-9(2)22-16-19-13(8-14(21)20-16)10(3)15-11(17)6-5-7-12(15)18/h5-10H,4H2,1-3H3,(H,19,20,21)/t9-,10-/m1/s1. The fourth-order valence-electron chi connectivity index (χ4n) is 2.08. The molecular weight excluding hydrogens is 323 g/mol. The third-order valence-electron chi connectivity index (χ3n) is 3.50. The maximum atomic E-state index is 14.0. The van der Waals surface area contributed by atoms with E-state index in [1.807, 2.05) is 0 Å². The number of H-pyrrole nitrogens is 1. The maximum Gasteiger partial charge on any atom is 0.251 e. The van der Waals surface area contributed by atoms with E-state index >= 15 is 0 Å². The van der Waals surface area contributed by atoms with Crippen LogP contribution in [0.1, 0.15) is 44.4 Å². The van der Waals surface area contributed by atoms with Crippen LogP contribution in [-0.4, -0.2) is 15.2 Å². The Kier molecular flexibility index (Phi) is 5.64. The van der Waals surface area contributed by atoms with Crippen LogP contribution in [0.25, 0.3) is 0 Å². The molecule has 0 aliphatic carbocycles. The summed E-state index contributed by atoms with van der Waals surface area (Å²) in [6.45, 7) is 5.93. The minimum Gasteiger partial charge on any atom is -0.301 e. The predicted molar refractivity (Wildman–Crippen MR) is 89.4 cm³/mol. The minimum atomic E-state index is -0.396. The molecule has 2 aromatic rings. The van der Waals surface area contributed by atoms with E-state index in [-0.39, 0.29) is 5.56 Å². The lowest BCUT2D eigenvalue weighted by molar-refractivity contribution is 0.599. The highest BCUT2D eigenvalue weighted by molar-refractivity contribution is 7.99. The lowest BCUT2D eigenvalue weighted by Crippen LogP contribution is -2.14. The van der Waals surface area contributed by atoms with Crippen molar-refractivity contribution >= 4 is 23.4 Å². The molecular formula is C16H18ClFN2OS. The van der Waals surface area contributed by atoms with E-state index < -0.39 is 11.7 Å². The smallest absolute Gasteiger partial charge is 0.251 e. The number of rotatable bonds is 5. The molecule has 2 rings (SSSR count). The fourth-order valence-corrected chi connectivity index (χ4v) is 3.27. The van der Waals surface area contributed by atoms with Gasteiger partial charge in [-0.1, -0.05) is 50.2 Å². The van der Waals surface area contributed by atoms with Crippen LogP contribution in [0.4, 0.5) is 4.39 Å². The van der Waals surface area contributed by atoms with E-state index in [1.165, 1.54) is 23.9 Å². The molecule has 1 N–H and O–H groups in total. The van der Waals surface area contributed by atoms with Crippen molar-refractivity contribution in [1.29, 1.82) is 0 Å². The molecule has 118 valence electrons. The third kappa shape index (κ3) is 3.90. The van der Waals surface area contributed by atoms with Crippen molar-refractivity contribution in [2.75, 3.05) is 0 Å². The van der Waals surface area contributed by atoms with Gasteiger partial charge >= 0.3 is 0 Å². The maximum absolute atomic E-state index is 14.0. The number of nitrogens with one attached hydrogen (secondary N) is 1. The van der Waals surface area contributed by atoms with Gasteiger partial charge in [-0.25, -0.2) is 9.37 Å². The average Bonchev–Trinajstić information content (AvgIpc) is 2.46. The van der Waals surface area contributed by atoms with Crippen molar-refractivity contribution in [3.05, 3.63) is 56.7 Å². The molecule has 2 atom stereocenters. The van der Waals surface area contributed by atoms with Gasteiger partial charge in [-0.05, 0) is 18.6 Å². The zero-order valence-electron chi connectivity index (χ0n) is 12.7. The molecule has 0 amide bonds. The van der Waals surface area contributed by atoms with Gasteiger partial charge in [0.1, 0.15) is 5.82 Å². The summed E-state index contributed by atoms with van der Waals surface area (Å²) in [5.74, 6) is -0.787. The number of hydrogen-bond acceptors (Lipinski definition) is 3. The number of thioether (sulfide) groups is 1. The number of aromatic nitrogens is 2. The molecule has 0 unspecified atom stereocenters. The van der Waals surface area contributed by atoms with E-state index in [0.717, 1.165) is 6.42 Å². The summed E-state index contributed by atoms with van der Waals surface area (Å²) in [6.07, 6.45) is 0.966. The van der Waals surface area contributed by atoms with Crippen LogP contribution < -0.4 is 5.56 Å². The first-order valence-electron chi connectivity index (χ1n) is 7.14. The first-order valence-corrected chi connectivity index (χ1v) is 8.40. The van der Waals surface area contributed by atoms with Gasteiger partial charge in [0.05, 0.1) is 5.69 Å². The minimum absolute atomic E-state index is 0.241. The molecule has 1 heterocycles. The number of hydrogen-bond donors (Lipinski definition) is 1. The third-order valence-corrected chi connectivity index (χ3v) is 4.99. The van der Waals surface area contributed by atoms with E-state index in [4.69, 9.17) is 11.6 Å². The van der Waals surface area contributed by atoms with Crippen LogP contribution in [-0.2, 0) is 0 Å². The first kappa shape index (κ1) is 17.0. The lowest BCUT2D eigenvalue weighted by atomic mass is 9.97. The fraction of sp³-hybridized carbons (Fsp3) is 0.375. The van der Waals surface area contributed by atoms with Crippen molar-refractivity contribution in [2.24, 2.45) is 0 Å². The van der Waals surface area contributed by atoms with Crippen molar-refractivity contribution in [3.63, 3.8) is 0 Å². The van der Waals surface area contributed by atoms with Crippen molar-refractivity contribution in [2.45, 2.75) is 43.5 Å². The summed E-state index contributed by atoms with van der Waals surface area (Å²) < 4.78 is 14.0. The molecule has 22 heavy (non-hydrogen) atoms. The second-order valence-electron chi connectivity index (χ2n) is 5.17. The summed E-state index contributed by atoms with van der Waals surface area (Å²) >= 11 is 7.60. The Hall–Kier alpha value is -1.33. The second-order valence-corrected chi connectivity index (χ2v) is 7.00. The Morgan fingerprint density at radius 3 is 2.77 bits per heavy atom. The summed E-state index contributed by atoms with van der Waals surface area (Å²) in [4.78, 5) is 19.0. The van der Waals surface area contributed by atoms with Gasteiger partial charge in [-0.2, -0.15) is 0 Å². The normalized spacial score (nSPS) is 13.9. The second kappa shape index (κ2) is 7.29. The van der Waals surface area contributed by atoms with Crippen molar-refractivity contribution in [3.8, 4) is 0 Å². The van der Waals surface area contributed by atoms with Gasteiger partial charge < -0.3 is 4.98 Å².